The van der Waals surface area contributed by atoms with E-state index >= 15 is 0 Å². The lowest BCUT2D eigenvalue weighted by atomic mass is 9.71. The van der Waals surface area contributed by atoms with Crippen molar-refractivity contribution in [3.63, 3.8) is 0 Å². The smallest absolute Gasteiger partial charge is 0.140 e. The summed E-state index contributed by atoms with van der Waals surface area (Å²) in [5, 5.41) is 0. The highest BCUT2D eigenvalue weighted by molar-refractivity contribution is 5.86. The predicted octanol–water partition coefficient (Wildman–Crippen LogP) is 4.00. The summed E-state index contributed by atoms with van der Waals surface area (Å²) < 4.78 is 10.6. The molecule has 5 rings (SSSR count). The van der Waals surface area contributed by atoms with Crippen LogP contribution >= 0.6 is 0 Å². The van der Waals surface area contributed by atoms with Crippen LogP contribution in [0.1, 0.15) is 30.9 Å². The number of ether oxygens (including phenoxy) is 2. The molecule has 0 amide bonds. The molecule has 3 atom stereocenters. The Bertz CT molecular complexity index is 754. The third kappa shape index (κ3) is 2.76. The number of anilines is 1. The van der Waals surface area contributed by atoms with Crippen molar-refractivity contribution in [1.29, 1.82) is 0 Å². The molecule has 3 aliphatic rings. The SMILES string of the molecule is COc1ccc([C@@H]2[C@@H]3CC[C@@H](CC3=O)N2c2ccc(OC)cc2)cc1. The standard InChI is InChI=1S/C21H23NO3/c1-24-17-8-3-14(4-9-17)21-19-12-7-16(13-20(19)23)22(21)15-5-10-18(25-2)11-6-15/h3-6,8-11,16,19,21H,7,12-13H2,1-2H3/t16-,19+,21+/m0/s1. The average Bonchev–Trinajstić information content (AvgIpc) is 2.68. The Hall–Kier alpha value is -2.49. The lowest BCUT2D eigenvalue weighted by Gasteiger charge is -2.52. The molecule has 0 unspecified atom stereocenters. The Morgan fingerprint density at radius 2 is 1.48 bits per heavy atom. The summed E-state index contributed by atoms with van der Waals surface area (Å²) in [6.07, 6.45) is 2.71. The number of carbonyl (C=O) groups excluding carboxylic acids is 1. The molecule has 0 N–H and O–H groups in total. The number of hydrogen-bond donors (Lipinski definition) is 0. The van der Waals surface area contributed by atoms with Gasteiger partial charge in [-0.25, -0.2) is 0 Å². The highest BCUT2D eigenvalue weighted by Crippen LogP contribution is 2.48. The number of Topliss-reactive ketones (excluding diaryl/α,β-unsaturated/α-hetero) is 1. The molecule has 4 nitrogen and oxygen atoms in total. The van der Waals surface area contributed by atoms with Crippen molar-refractivity contribution in [1.82, 2.24) is 0 Å². The van der Waals surface area contributed by atoms with Crippen LogP contribution in [0.4, 0.5) is 5.69 Å². The number of nitrogens with zero attached hydrogens (tertiary/aromatic N) is 1. The van der Waals surface area contributed by atoms with E-state index in [9.17, 15) is 4.79 Å². The molecule has 130 valence electrons. The summed E-state index contributed by atoms with van der Waals surface area (Å²) in [4.78, 5) is 15.0. The van der Waals surface area contributed by atoms with Crippen LogP contribution in [-0.4, -0.2) is 26.0 Å². The van der Waals surface area contributed by atoms with E-state index < -0.39 is 0 Å². The van der Waals surface area contributed by atoms with Gasteiger partial charge < -0.3 is 14.4 Å². The van der Waals surface area contributed by atoms with Gasteiger partial charge in [-0.1, -0.05) is 12.1 Å². The van der Waals surface area contributed by atoms with Crippen LogP contribution in [-0.2, 0) is 4.79 Å². The lowest BCUT2D eigenvalue weighted by molar-refractivity contribution is -0.128. The van der Waals surface area contributed by atoms with Gasteiger partial charge in [-0.3, -0.25) is 4.79 Å². The van der Waals surface area contributed by atoms with Crippen molar-refractivity contribution < 1.29 is 14.3 Å². The largest absolute Gasteiger partial charge is 0.497 e. The first-order valence-electron chi connectivity index (χ1n) is 8.80. The second-order valence-corrected chi connectivity index (χ2v) is 6.83. The number of hydrogen-bond acceptors (Lipinski definition) is 4. The van der Waals surface area contributed by atoms with Crippen molar-refractivity contribution in [2.75, 3.05) is 19.1 Å². The summed E-state index contributed by atoms with van der Waals surface area (Å²) in [6.45, 7) is 0. The molecule has 0 spiro atoms. The number of benzene rings is 2. The highest BCUT2D eigenvalue weighted by Gasteiger charge is 2.47. The van der Waals surface area contributed by atoms with E-state index in [1.807, 2.05) is 24.3 Å². The summed E-state index contributed by atoms with van der Waals surface area (Å²) in [6, 6.07) is 16.7. The first-order valence-corrected chi connectivity index (χ1v) is 8.80. The first-order chi connectivity index (χ1) is 12.2. The number of fused-ring (bicyclic) bond motifs is 3. The fourth-order valence-corrected chi connectivity index (χ4v) is 4.33. The molecule has 1 saturated carbocycles. The number of methoxy groups -OCH3 is 2. The van der Waals surface area contributed by atoms with Crippen molar-refractivity contribution in [2.24, 2.45) is 5.92 Å². The number of piperidine rings is 2. The minimum atomic E-state index is 0.0699. The maximum absolute atomic E-state index is 12.6. The van der Waals surface area contributed by atoms with Gasteiger partial charge in [0.1, 0.15) is 17.3 Å². The van der Waals surface area contributed by atoms with Gasteiger partial charge in [-0.05, 0) is 54.8 Å². The van der Waals surface area contributed by atoms with E-state index in [1.165, 1.54) is 5.56 Å². The van der Waals surface area contributed by atoms with Crippen LogP contribution < -0.4 is 14.4 Å². The topological polar surface area (TPSA) is 38.8 Å². The van der Waals surface area contributed by atoms with Crippen molar-refractivity contribution >= 4 is 11.5 Å². The Morgan fingerprint density at radius 3 is 2.04 bits per heavy atom. The minimum absolute atomic E-state index is 0.0699. The summed E-state index contributed by atoms with van der Waals surface area (Å²) in [5.41, 5.74) is 2.34. The molecular formula is C21H23NO3. The molecule has 3 fully saturated rings. The van der Waals surface area contributed by atoms with Crippen LogP contribution in [0.15, 0.2) is 48.5 Å². The Morgan fingerprint density at radius 1 is 0.880 bits per heavy atom. The predicted molar refractivity (Wildman–Crippen MR) is 97.3 cm³/mol. The van der Waals surface area contributed by atoms with Gasteiger partial charge in [0.25, 0.3) is 0 Å². The Kier molecular flexibility index (Phi) is 4.12. The fourth-order valence-electron chi connectivity index (χ4n) is 4.33. The van der Waals surface area contributed by atoms with Crippen LogP contribution in [0, 0.1) is 5.92 Å². The quantitative estimate of drug-likeness (QED) is 0.845. The molecule has 2 heterocycles. The van der Waals surface area contributed by atoms with E-state index in [0.29, 0.717) is 12.2 Å². The number of carbonyl (C=O) groups is 1. The van der Waals surface area contributed by atoms with E-state index in [-0.39, 0.29) is 18.0 Å². The maximum Gasteiger partial charge on any atom is 0.140 e. The van der Waals surface area contributed by atoms with Crippen LogP contribution in [0.3, 0.4) is 0 Å². The normalized spacial score (nSPS) is 25.1. The van der Waals surface area contributed by atoms with Gasteiger partial charge >= 0.3 is 0 Å². The van der Waals surface area contributed by atoms with Crippen LogP contribution in [0.2, 0.25) is 0 Å². The van der Waals surface area contributed by atoms with Gasteiger partial charge in [0.05, 0.1) is 20.3 Å². The zero-order chi connectivity index (χ0) is 17.4. The second-order valence-electron chi connectivity index (χ2n) is 6.83. The monoisotopic (exact) mass is 337 g/mol. The molecule has 2 bridgehead atoms. The molecule has 4 heteroatoms. The summed E-state index contributed by atoms with van der Waals surface area (Å²) in [7, 11) is 3.35. The third-order valence-corrected chi connectivity index (χ3v) is 5.56. The third-order valence-electron chi connectivity index (χ3n) is 5.56. The van der Waals surface area contributed by atoms with Gasteiger partial charge in [0.2, 0.25) is 0 Å². The zero-order valence-electron chi connectivity index (χ0n) is 14.6. The van der Waals surface area contributed by atoms with Gasteiger partial charge in [0.15, 0.2) is 0 Å². The van der Waals surface area contributed by atoms with Crippen LogP contribution in [0.25, 0.3) is 0 Å². The van der Waals surface area contributed by atoms with Crippen molar-refractivity contribution in [2.45, 2.75) is 31.3 Å². The van der Waals surface area contributed by atoms with E-state index in [1.54, 1.807) is 14.2 Å². The van der Waals surface area contributed by atoms with Gasteiger partial charge in [-0.15, -0.1) is 0 Å². The zero-order valence-corrected chi connectivity index (χ0v) is 14.6. The van der Waals surface area contributed by atoms with Gasteiger partial charge in [-0.2, -0.15) is 0 Å². The lowest BCUT2D eigenvalue weighted by Crippen LogP contribution is -2.54. The molecule has 2 saturated heterocycles. The molecule has 25 heavy (non-hydrogen) atoms. The molecule has 1 aliphatic carbocycles. The van der Waals surface area contributed by atoms with Gasteiger partial charge in [0, 0.05) is 24.1 Å². The number of rotatable bonds is 4. The van der Waals surface area contributed by atoms with Crippen molar-refractivity contribution in [3.05, 3.63) is 54.1 Å². The molecular weight excluding hydrogens is 314 g/mol. The molecule has 0 radical (unpaired) electrons. The van der Waals surface area contributed by atoms with Crippen molar-refractivity contribution in [3.8, 4) is 11.5 Å². The van der Waals surface area contributed by atoms with E-state index in [2.05, 4.69) is 29.2 Å². The Balaban J connectivity index is 1.74. The Labute approximate surface area is 148 Å². The summed E-state index contributed by atoms with van der Waals surface area (Å²) in [5.74, 6) is 2.16. The van der Waals surface area contributed by atoms with E-state index in [4.69, 9.17) is 9.47 Å². The molecule has 2 aromatic rings. The molecule has 2 aromatic carbocycles. The second kappa shape index (κ2) is 6.43. The van der Waals surface area contributed by atoms with Crippen LogP contribution in [0.5, 0.6) is 11.5 Å². The highest BCUT2D eigenvalue weighted by atomic mass is 16.5. The number of ketones is 1. The maximum atomic E-state index is 12.6. The molecule has 2 aliphatic heterocycles. The minimum Gasteiger partial charge on any atom is -0.497 e. The average molecular weight is 337 g/mol. The summed E-state index contributed by atoms with van der Waals surface area (Å²) >= 11 is 0. The van der Waals surface area contributed by atoms with E-state index in [0.717, 1.165) is 30.0 Å². The first kappa shape index (κ1) is 16.0. The fraction of sp³-hybridized carbons (Fsp3) is 0.381. The molecule has 0 aromatic heterocycles.